The highest BCUT2D eigenvalue weighted by molar-refractivity contribution is 14.1. The Bertz CT molecular complexity index is 750. The number of aromatic nitrogens is 2. The Hall–Kier alpha value is -0.0700. The van der Waals surface area contributed by atoms with Gasteiger partial charge in [0.25, 0.3) is 0 Å². The monoisotopic (exact) mass is 516 g/mol. The van der Waals surface area contributed by atoms with Crippen LogP contribution in [0, 0.1) is 3.57 Å². The van der Waals surface area contributed by atoms with Crippen LogP contribution >= 0.6 is 57.6 Å². The molecule has 10 heteroatoms. The van der Waals surface area contributed by atoms with Crippen molar-refractivity contribution >= 4 is 57.6 Å². The van der Waals surface area contributed by atoms with Crippen molar-refractivity contribution in [3.63, 3.8) is 0 Å². The highest BCUT2D eigenvalue weighted by Crippen LogP contribution is 2.39. The molecule has 1 aliphatic rings. The Morgan fingerprint density at radius 3 is 2.60 bits per heavy atom. The third kappa shape index (κ3) is 4.27. The van der Waals surface area contributed by atoms with Gasteiger partial charge in [0, 0.05) is 11.1 Å². The van der Waals surface area contributed by atoms with Crippen LogP contribution in [0.2, 0.25) is 10.0 Å². The molecule has 3 N–H and O–H groups in total. The Balaban J connectivity index is 1.86. The van der Waals surface area contributed by atoms with E-state index in [-0.39, 0.29) is 6.61 Å². The molecular formula is C15H15Cl2IN2O4S. The van der Waals surface area contributed by atoms with E-state index in [4.69, 9.17) is 27.9 Å². The standard InChI is InChI=1S/C15H15Cl2IN2O4S/c16-9-2-1-8(3-10(9)17)25-15-14(23)12(13(22)11(6-21)24-15)20-5-7(18)4-19-20/h1-5,11-15,21-23H,6H2/t11-,12+,13+,14-,15-/m1/s1. The van der Waals surface area contributed by atoms with Gasteiger partial charge in [-0.3, -0.25) is 4.68 Å². The minimum Gasteiger partial charge on any atom is -0.394 e. The van der Waals surface area contributed by atoms with Gasteiger partial charge in [-0.15, -0.1) is 0 Å². The number of thioether (sulfide) groups is 1. The number of hydrogen-bond acceptors (Lipinski definition) is 6. The van der Waals surface area contributed by atoms with Crippen LogP contribution in [0.25, 0.3) is 0 Å². The van der Waals surface area contributed by atoms with Gasteiger partial charge >= 0.3 is 0 Å². The quantitative estimate of drug-likeness (QED) is 0.541. The smallest absolute Gasteiger partial charge is 0.136 e. The maximum atomic E-state index is 10.8. The van der Waals surface area contributed by atoms with Crippen LogP contribution in [0.3, 0.4) is 0 Å². The van der Waals surface area contributed by atoms with Crippen LogP contribution in [0.15, 0.2) is 35.5 Å². The predicted octanol–water partition coefficient (Wildman–Crippen LogP) is 2.57. The van der Waals surface area contributed by atoms with E-state index in [1.807, 2.05) is 0 Å². The number of nitrogens with zero attached hydrogens (tertiary/aromatic N) is 2. The van der Waals surface area contributed by atoms with Crippen molar-refractivity contribution in [1.82, 2.24) is 9.78 Å². The van der Waals surface area contributed by atoms with E-state index in [2.05, 4.69) is 27.7 Å². The zero-order valence-electron chi connectivity index (χ0n) is 12.7. The number of benzene rings is 1. The zero-order chi connectivity index (χ0) is 18.1. The van der Waals surface area contributed by atoms with Crippen molar-refractivity contribution in [3.8, 4) is 0 Å². The first-order chi connectivity index (χ1) is 11.9. The fraction of sp³-hybridized carbons (Fsp3) is 0.400. The van der Waals surface area contributed by atoms with Crippen LogP contribution < -0.4 is 0 Å². The SMILES string of the molecule is OC[C@H]1O[C@H](Sc2ccc(Cl)c(Cl)c2)[C@H](O)[C@@H](n2cc(I)cn2)[C@H]1O. The highest BCUT2D eigenvalue weighted by atomic mass is 127. The fourth-order valence-corrected chi connectivity index (χ4v) is 4.51. The Kier molecular flexibility index (Phi) is 6.54. The summed E-state index contributed by atoms with van der Waals surface area (Å²) in [6.07, 6.45) is 0.368. The second-order valence-corrected chi connectivity index (χ2v) is 8.76. The maximum Gasteiger partial charge on any atom is 0.136 e. The molecule has 3 rings (SSSR count). The lowest BCUT2D eigenvalue weighted by Crippen LogP contribution is -2.54. The number of aliphatic hydroxyl groups is 3. The molecule has 136 valence electrons. The minimum absolute atomic E-state index is 0.374. The van der Waals surface area contributed by atoms with Crippen LogP contribution in [-0.2, 0) is 4.74 Å². The van der Waals surface area contributed by atoms with Crippen molar-refractivity contribution in [2.24, 2.45) is 0 Å². The van der Waals surface area contributed by atoms with E-state index in [0.717, 1.165) is 8.47 Å². The zero-order valence-corrected chi connectivity index (χ0v) is 17.2. The van der Waals surface area contributed by atoms with Crippen molar-refractivity contribution in [1.29, 1.82) is 0 Å². The molecule has 2 aromatic rings. The van der Waals surface area contributed by atoms with Crippen molar-refractivity contribution < 1.29 is 20.1 Å². The second kappa shape index (κ2) is 8.30. The van der Waals surface area contributed by atoms with Crippen molar-refractivity contribution in [2.75, 3.05) is 6.61 Å². The first kappa shape index (κ1) is 19.7. The van der Waals surface area contributed by atoms with Gasteiger partial charge in [-0.05, 0) is 40.8 Å². The molecular weight excluding hydrogens is 502 g/mol. The van der Waals surface area contributed by atoms with Crippen LogP contribution in [0.4, 0.5) is 0 Å². The average Bonchev–Trinajstić information content (AvgIpc) is 2.99. The molecule has 0 radical (unpaired) electrons. The van der Waals surface area contributed by atoms with E-state index < -0.39 is 29.8 Å². The molecule has 0 amide bonds. The van der Waals surface area contributed by atoms with Gasteiger partial charge in [-0.2, -0.15) is 5.10 Å². The van der Waals surface area contributed by atoms with E-state index in [1.54, 1.807) is 30.6 Å². The number of aliphatic hydroxyl groups excluding tert-OH is 3. The molecule has 1 aromatic heterocycles. The summed E-state index contributed by atoms with van der Waals surface area (Å²) < 4.78 is 8.06. The molecule has 1 aliphatic heterocycles. The minimum atomic E-state index is -1.10. The molecule has 1 fully saturated rings. The molecule has 1 aromatic carbocycles. The highest BCUT2D eigenvalue weighted by Gasteiger charge is 2.46. The van der Waals surface area contributed by atoms with Gasteiger partial charge in [0.2, 0.25) is 0 Å². The number of ether oxygens (including phenoxy) is 1. The van der Waals surface area contributed by atoms with Gasteiger partial charge in [-0.1, -0.05) is 35.0 Å². The molecule has 5 atom stereocenters. The molecule has 1 saturated heterocycles. The van der Waals surface area contributed by atoms with E-state index in [9.17, 15) is 15.3 Å². The lowest BCUT2D eigenvalue weighted by Gasteiger charge is -2.42. The summed E-state index contributed by atoms with van der Waals surface area (Å²) in [5, 5.41) is 35.8. The average molecular weight is 517 g/mol. The largest absolute Gasteiger partial charge is 0.394 e. The third-order valence-electron chi connectivity index (χ3n) is 3.87. The van der Waals surface area contributed by atoms with Gasteiger partial charge in [0.05, 0.1) is 26.4 Å². The molecule has 2 heterocycles. The summed E-state index contributed by atoms with van der Waals surface area (Å²) in [6, 6.07) is 4.36. The summed E-state index contributed by atoms with van der Waals surface area (Å²) >= 11 is 15.3. The van der Waals surface area contributed by atoms with E-state index >= 15 is 0 Å². The van der Waals surface area contributed by atoms with Crippen LogP contribution in [-0.4, -0.2) is 55.5 Å². The topological polar surface area (TPSA) is 87.7 Å². The first-order valence-electron chi connectivity index (χ1n) is 7.34. The molecule has 6 nitrogen and oxygen atoms in total. The molecule has 0 bridgehead atoms. The second-order valence-electron chi connectivity index (χ2n) is 5.53. The van der Waals surface area contributed by atoms with E-state index in [1.165, 1.54) is 16.4 Å². The summed E-state index contributed by atoms with van der Waals surface area (Å²) in [6.45, 7) is -0.374. The van der Waals surface area contributed by atoms with Crippen LogP contribution in [0.5, 0.6) is 0 Å². The predicted molar refractivity (Wildman–Crippen MR) is 104 cm³/mol. The number of rotatable bonds is 4. The van der Waals surface area contributed by atoms with Gasteiger partial charge in [0.15, 0.2) is 0 Å². The van der Waals surface area contributed by atoms with Gasteiger partial charge in [-0.25, -0.2) is 0 Å². The lowest BCUT2D eigenvalue weighted by atomic mass is 9.97. The van der Waals surface area contributed by atoms with Gasteiger partial charge in [0.1, 0.15) is 29.8 Å². The maximum absolute atomic E-state index is 10.8. The number of hydrogen-bond donors (Lipinski definition) is 3. The summed E-state index contributed by atoms with van der Waals surface area (Å²) in [5.41, 5.74) is -0.718. The summed E-state index contributed by atoms with van der Waals surface area (Å²) in [7, 11) is 0. The lowest BCUT2D eigenvalue weighted by molar-refractivity contribution is -0.178. The normalized spacial score (nSPS) is 29.8. The van der Waals surface area contributed by atoms with E-state index in [0.29, 0.717) is 10.0 Å². The molecule has 0 spiro atoms. The molecule has 0 unspecified atom stereocenters. The molecule has 25 heavy (non-hydrogen) atoms. The third-order valence-corrected chi connectivity index (χ3v) is 6.31. The Labute approximate surface area is 172 Å². The van der Waals surface area contributed by atoms with Crippen LogP contribution in [0.1, 0.15) is 6.04 Å². The van der Waals surface area contributed by atoms with Crippen molar-refractivity contribution in [2.45, 2.75) is 34.7 Å². The van der Waals surface area contributed by atoms with Crippen molar-refractivity contribution in [3.05, 3.63) is 44.2 Å². The van der Waals surface area contributed by atoms with Gasteiger partial charge < -0.3 is 20.1 Å². The fourth-order valence-electron chi connectivity index (χ4n) is 2.64. The first-order valence-corrected chi connectivity index (χ1v) is 10.1. The molecule has 0 saturated carbocycles. The summed E-state index contributed by atoms with van der Waals surface area (Å²) in [5.74, 6) is 0. The Morgan fingerprint density at radius 1 is 1.24 bits per heavy atom. The summed E-state index contributed by atoms with van der Waals surface area (Å²) in [4.78, 5) is 0.750. The molecule has 0 aliphatic carbocycles. The number of halogens is 3. The Morgan fingerprint density at radius 2 is 2.00 bits per heavy atom.